The van der Waals surface area contributed by atoms with Gasteiger partial charge in [-0.15, -0.1) is 0 Å². The number of halogens is 1. The maximum Gasteiger partial charge on any atom is 0.129 e. The summed E-state index contributed by atoms with van der Waals surface area (Å²) in [7, 11) is 0. The molecule has 32 heavy (non-hydrogen) atoms. The fourth-order valence-electron chi connectivity index (χ4n) is 4.71. The Bertz CT molecular complexity index is 1040. The van der Waals surface area contributed by atoms with Gasteiger partial charge in [0, 0.05) is 49.5 Å². The molecule has 1 saturated carbocycles. The lowest BCUT2D eigenvalue weighted by Crippen LogP contribution is -2.43. The normalized spacial score (nSPS) is 17.3. The first-order valence-electron chi connectivity index (χ1n) is 11.7. The second kappa shape index (κ2) is 9.65. The summed E-state index contributed by atoms with van der Waals surface area (Å²) in [5.74, 6) is 1.64. The van der Waals surface area contributed by atoms with E-state index in [4.69, 9.17) is 4.98 Å². The molecule has 166 valence electrons. The van der Waals surface area contributed by atoms with Crippen molar-refractivity contribution >= 4 is 11.6 Å². The van der Waals surface area contributed by atoms with Crippen LogP contribution in [-0.2, 0) is 0 Å². The monoisotopic (exact) mass is 431 g/mol. The summed E-state index contributed by atoms with van der Waals surface area (Å²) >= 11 is 0. The van der Waals surface area contributed by atoms with Gasteiger partial charge >= 0.3 is 0 Å². The molecule has 5 nitrogen and oxygen atoms in total. The van der Waals surface area contributed by atoms with Crippen molar-refractivity contribution < 1.29 is 4.39 Å². The Morgan fingerprint density at radius 2 is 1.69 bits per heavy atom. The van der Waals surface area contributed by atoms with Crippen LogP contribution < -0.4 is 15.5 Å². The van der Waals surface area contributed by atoms with Crippen molar-refractivity contribution in [2.24, 2.45) is 0 Å². The summed E-state index contributed by atoms with van der Waals surface area (Å²) in [5.41, 5.74) is 3.88. The smallest absolute Gasteiger partial charge is 0.129 e. The minimum atomic E-state index is -0.233. The Morgan fingerprint density at radius 1 is 0.906 bits per heavy atom. The number of piperazine rings is 1. The van der Waals surface area contributed by atoms with Gasteiger partial charge in [-0.05, 0) is 54.8 Å². The number of hydrogen-bond donors (Lipinski definition) is 2. The largest absolute Gasteiger partial charge is 0.367 e. The molecule has 1 aliphatic carbocycles. The van der Waals surface area contributed by atoms with Crippen molar-refractivity contribution in [3.05, 3.63) is 60.5 Å². The average molecular weight is 432 g/mol. The molecule has 1 aromatic carbocycles. The van der Waals surface area contributed by atoms with Crippen molar-refractivity contribution in [1.82, 2.24) is 15.3 Å². The molecule has 2 aliphatic rings. The number of nitrogens with one attached hydrogen (secondary N) is 2. The van der Waals surface area contributed by atoms with Crippen molar-refractivity contribution in [3.8, 4) is 22.4 Å². The Morgan fingerprint density at radius 3 is 2.47 bits per heavy atom. The quantitative estimate of drug-likeness (QED) is 0.588. The zero-order valence-electron chi connectivity index (χ0n) is 18.4. The van der Waals surface area contributed by atoms with Crippen LogP contribution in [0.4, 0.5) is 16.0 Å². The Hall–Kier alpha value is -2.99. The highest BCUT2D eigenvalue weighted by molar-refractivity contribution is 5.82. The van der Waals surface area contributed by atoms with Crippen LogP contribution in [0.25, 0.3) is 22.4 Å². The van der Waals surface area contributed by atoms with Crippen LogP contribution >= 0.6 is 0 Å². The SMILES string of the molecule is Fc1ccc(-c2ccc(N3CCNCC3)nc2-c2ccnc(NC3CCCCC3)c2)cc1. The van der Waals surface area contributed by atoms with Crippen LogP contribution in [-0.4, -0.2) is 42.2 Å². The second-order valence-corrected chi connectivity index (χ2v) is 8.72. The third kappa shape index (κ3) is 4.75. The summed E-state index contributed by atoms with van der Waals surface area (Å²) in [6, 6.07) is 15.5. The lowest BCUT2D eigenvalue weighted by Gasteiger charge is -2.29. The van der Waals surface area contributed by atoms with E-state index in [0.717, 1.165) is 60.2 Å². The van der Waals surface area contributed by atoms with Crippen molar-refractivity contribution in [2.75, 3.05) is 36.4 Å². The number of rotatable bonds is 5. The van der Waals surface area contributed by atoms with E-state index in [1.165, 1.54) is 44.2 Å². The molecule has 6 heteroatoms. The molecule has 3 heterocycles. The second-order valence-electron chi connectivity index (χ2n) is 8.72. The van der Waals surface area contributed by atoms with Gasteiger partial charge in [0.15, 0.2) is 0 Å². The van der Waals surface area contributed by atoms with E-state index in [9.17, 15) is 4.39 Å². The topological polar surface area (TPSA) is 53.1 Å². The van der Waals surface area contributed by atoms with Crippen molar-refractivity contribution in [3.63, 3.8) is 0 Å². The molecule has 0 amide bonds. The molecule has 0 bridgehead atoms. The van der Waals surface area contributed by atoms with Gasteiger partial charge in [0.25, 0.3) is 0 Å². The summed E-state index contributed by atoms with van der Waals surface area (Å²) in [6.45, 7) is 3.79. The van der Waals surface area contributed by atoms with E-state index >= 15 is 0 Å². The highest BCUT2D eigenvalue weighted by atomic mass is 19.1. The molecule has 0 unspecified atom stereocenters. The number of pyridine rings is 2. The molecule has 0 atom stereocenters. The van der Waals surface area contributed by atoms with E-state index in [0.29, 0.717) is 6.04 Å². The highest BCUT2D eigenvalue weighted by Gasteiger charge is 2.18. The predicted molar refractivity (Wildman–Crippen MR) is 128 cm³/mol. The molecular formula is C26H30FN5. The maximum absolute atomic E-state index is 13.6. The van der Waals surface area contributed by atoms with E-state index in [2.05, 4.69) is 38.7 Å². The lowest BCUT2D eigenvalue weighted by molar-refractivity contribution is 0.462. The molecule has 2 aromatic heterocycles. The maximum atomic E-state index is 13.6. The van der Waals surface area contributed by atoms with Gasteiger partial charge in [0.2, 0.25) is 0 Å². The van der Waals surface area contributed by atoms with Crippen LogP contribution in [0.5, 0.6) is 0 Å². The van der Waals surface area contributed by atoms with Gasteiger partial charge in [-0.25, -0.2) is 14.4 Å². The van der Waals surface area contributed by atoms with E-state index in [1.807, 2.05) is 24.4 Å². The molecule has 0 spiro atoms. The van der Waals surface area contributed by atoms with E-state index in [-0.39, 0.29) is 5.82 Å². The van der Waals surface area contributed by atoms with Gasteiger partial charge in [-0.2, -0.15) is 0 Å². The first kappa shape index (κ1) is 20.9. The molecule has 2 fully saturated rings. The fraction of sp³-hybridized carbons (Fsp3) is 0.385. The zero-order chi connectivity index (χ0) is 21.8. The summed E-state index contributed by atoms with van der Waals surface area (Å²) in [6.07, 6.45) is 8.14. The number of nitrogens with zero attached hydrogens (tertiary/aromatic N) is 3. The summed E-state index contributed by atoms with van der Waals surface area (Å²) < 4.78 is 13.6. The highest BCUT2D eigenvalue weighted by Crippen LogP contribution is 2.34. The number of anilines is 2. The van der Waals surface area contributed by atoms with Gasteiger partial charge < -0.3 is 15.5 Å². The molecule has 1 aliphatic heterocycles. The van der Waals surface area contributed by atoms with Gasteiger partial charge in [0.1, 0.15) is 17.5 Å². The third-order valence-electron chi connectivity index (χ3n) is 6.47. The Kier molecular flexibility index (Phi) is 6.30. The molecule has 2 N–H and O–H groups in total. The summed E-state index contributed by atoms with van der Waals surface area (Å²) in [4.78, 5) is 12.0. The van der Waals surface area contributed by atoms with Crippen LogP contribution in [0.3, 0.4) is 0 Å². The van der Waals surface area contributed by atoms with Crippen LogP contribution in [0, 0.1) is 5.82 Å². The minimum absolute atomic E-state index is 0.233. The number of aromatic nitrogens is 2. The number of hydrogen-bond acceptors (Lipinski definition) is 5. The summed E-state index contributed by atoms with van der Waals surface area (Å²) in [5, 5.41) is 7.03. The minimum Gasteiger partial charge on any atom is -0.367 e. The average Bonchev–Trinajstić information content (AvgIpc) is 2.86. The van der Waals surface area contributed by atoms with E-state index < -0.39 is 0 Å². The molecule has 1 saturated heterocycles. The first-order valence-corrected chi connectivity index (χ1v) is 11.7. The van der Waals surface area contributed by atoms with Crippen LogP contribution in [0.15, 0.2) is 54.7 Å². The molecule has 3 aromatic rings. The van der Waals surface area contributed by atoms with E-state index in [1.54, 1.807) is 0 Å². The van der Waals surface area contributed by atoms with Gasteiger partial charge in [-0.3, -0.25) is 0 Å². The standard InChI is InChI=1S/C26H30FN5/c27-21-8-6-19(7-9-21)23-10-11-25(32-16-14-28-15-17-32)31-26(23)20-12-13-29-24(18-20)30-22-4-2-1-3-5-22/h6-13,18,22,28H,1-5,14-17H2,(H,29,30). The Balaban J connectivity index is 1.52. The lowest BCUT2D eigenvalue weighted by atomic mass is 9.95. The van der Waals surface area contributed by atoms with Crippen LogP contribution in [0.2, 0.25) is 0 Å². The Labute approximate surface area is 189 Å². The number of benzene rings is 1. The zero-order valence-corrected chi connectivity index (χ0v) is 18.4. The molecule has 5 rings (SSSR count). The molecule has 0 radical (unpaired) electrons. The first-order chi connectivity index (χ1) is 15.8. The van der Waals surface area contributed by atoms with Gasteiger partial charge in [0.05, 0.1) is 5.69 Å². The van der Waals surface area contributed by atoms with Crippen molar-refractivity contribution in [2.45, 2.75) is 38.1 Å². The van der Waals surface area contributed by atoms with Crippen LogP contribution in [0.1, 0.15) is 32.1 Å². The van der Waals surface area contributed by atoms with Gasteiger partial charge in [-0.1, -0.05) is 31.4 Å². The van der Waals surface area contributed by atoms with Crippen molar-refractivity contribution in [1.29, 1.82) is 0 Å². The fourth-order valence-corrected chi connectivity index (χ4v) is 4.71. The molecular weight excluding hydrogens is 401 g/mol. The third-order valence-corrected chi connectivity index (χ3v) is 6.47. The predicted octanol–water partition coefficient (Wildman–Crippen LogP) is 5.10.